The van der Waals surface area contributed by atoms with E-state index in [2.05, 4.69) is 0 Å². The second-order valence-electron chi connectivity index (χ2n) is 4.14. The molecular weight excluding hydrogens is 231 g/mol. The van der Waals surface area contributed by atoms with Crippen LogP contribution in [0.3, 0.4) is 0 Å². The van der Waals surface area contributed by atoms with Gasteiger partial charge in [0.1, 0.15) is 5.82 Å². The molecule has 2 atom stereocenters. The van der Waals surface area contributed by atoms with Crippen molar-refractivity contribution in [3.8, 4) is 0 Å². The Bertz CT molecular complexity index is 370. The van der Waals surface area contributed by atoms with Gasteiger partial charge in [0.2, 0.25) is 0 Å². The molecule has 2 unspecified atom stereocenters. The zero-order chi connectivity index (χ0) is 11.5. The smallest absolute Gasteiger partial charge is 0.142 e. The van der Waals surface area contributed by atoms with Gasteiger partial charge in [0, 0.05) is 12.5 Å². The Balaban J connectivity index is 2.05. The number of ether oxygens (including phenoxy) is 1. The molecule has 1 aromatic rings. The van der Waals surface area contributed by atoms with Gasteiger partial charge in [-0.25, -0.2) is 4.39 Å². The van der Waals surface area contributed by atoms with Crippen LogP contribution in [0.4, 0.5) is 4.39 Å². The molecule has 0 radical (unpaired) electrons. The Morgan fingerprint density at radius 2 is 2.31 bits per heavy atom. The topological polar surface area (TPSA) is 29.5 Å². The van der Waals surface area contributed by atoms with Crippen LogP contribution in [-0.2, 0) is 11.2 Å². The van der Waals surface area contributed by atoms with E-state index in [-0.39, 0.29) is 17.0 Å². The molecule has 0 saturated carbocycles. The van der Waals surface area contributed by atoms with Crippen molar-refractivity contribution in [3.05, 3.63) is 34.6 Å². The molecule has 1 aliphatic rings. The van der Waals surface area contributed by atoms with Gasteiger partial charge < -0.3 is 9.84 Å². The van der Waals surface area contributed by atoms with Crippen LogP contribution in [0, 0.1) is 11.7 Å². The first-order valence-corrected chi connectivity index (χ1v) is 5.74. The number of aliphatic hydroxyl groups excluding tert-OH is 1. The van der Waals surface area contributed by atoms with Crippen molar-refractivity contribution in [2.24, 2.45) is 5.92 Å². The highest BCUT2D eigenvalue weighted by molar-refractivity contribution is 6.30. The van der Waals surface area contributed by atoms with E-state index in [1.54, 1.807) is 12.1 Å². The first-order chi connectivity index (χ1) is 7.66. The van der Waals surface area contributed by atoms with Crippen LogP contribution >= 0.6 is 11.6 Å². The fourth-order valence-electron chi connectivity index (χ4n) is 1.95. The highest BCUT2D eigenvalue weighted by atomic mass is 35.5. The van der Waals surface area contributed by atoms with Crippen molar-refractivity contribution in [2.75, 3.05) is 13.2 Å². The summed E-state index contributed by atoms with van der Waals surface area (Å²) in [5.41, 5.74) is 0.844. The lowest BCUT2D eigenvalue weighted by molar-refractivity contribution is -0.0350. The summed E-state index contributed by atoms with van der Waals surface area (Å²) in [4.78, 5) is 0. The summed E-state index contributed by atoms with van der Waals surface area (Å²) in [6.07, 6.45) is 0.920. The minimum Gasteiger partial charge on any atom is -0.393 e. The van der Waals surface area contributed by atoms with Crippen LogP contribution in [-0.4, -0.2) is 24.4 Å². The second-order valence-corrected chi connectivity index (χ2v) is 4.55. The standard InChI is InChI=1S/C12H14ClFO2/c13-10-2-1-8(6-11(10)14)5-9-7-16-4-3-12(9)15/h1-2,6,9,12,15H,3-5,7H2. The third-order valence-electron chi connectivity index (χ3n) is 2.92. The van der Waals surface area contributed by atoms with E-state index in [1.807, 2.05) is 0 Å². The lowest BCUT2D eigenvalue weighted by Crippen LogP contribution is -2.33. The maximum Gasteiger partial charge on any atom is 0.142 e. The Morgan fingerprint density at radius 3 is 3.00 bits per heavy atom. The normalized spacial score (nSPS) is 25.7. The number of aliphatic hydroxyl groups is 1. The average molecular weight is 245 g/mol. The molecule has 88 valence electrons. The third kappa shape index (κ3) is 2.73. The number of hydrogen-bond donors (Lipinski definition) is 1. The van der Waals surface area contributed by atoms with Crippen LogP contribution in [0.25, 0.3) is 0 Å². The SMILES string of the molecule is OC1CCOCC1Cc1ccc(Cl)c(F)c1. The Morgan fingerprint density at radius 1 is 1.50 bits per heavy atom. The molecule has 1 N–H and O–H groups in total. The summed E-state index contributed by atoms with van der Waals surface area (Å²) in [7, 11) is 0. The fourth-order valence-corrected chi connectivity index (χ4v) is 2.07. The summed E-state index contributed by atoms with van der Waals surface area (Å²) in [5.74, 6) is -0.361. The van der Waals surface area contributed by atoms with Gasteiger partial charge in [-0.2, -0.15) is 0 Å². The average Bonchev–Trinajstić information content (AvgIpc) is 2.27. The van der Waals surface area contributed by atoms with Gasteiger partial charge in [0.15, 0.2) is 0 Å². The number of rotatable bonds is 2. The van der Waals surface area contributed by atoms with Crippen LogP contribution in [0.5, 0.6) is 0 Å². The Hall–Kier alpha value is -0.640. The van der Waals surface area contributed by atoms with E-state index in [9.17, 15) is 9.50 Å². The lowest BCUT2D eigenvalue weighted by Gasteiger charge is -2.27. The first-order valence-electron chi connectivity index (χ1n) is 5.36. The Kier molecular flexibility index (Phi) is 3.79. The van der Waals surface area contributed by atoms with Crippen molar-refractivity contribution < 1.29 is 14.2 Å². The number of hydrogen-bond acceptors (Lipinski definition) is 2. The molecular formula is C12H14ClFO2. The van der Waals surface area contributed by atoms with Crippen molar-refractivity contribution in [1.29, 1.82) is 0 Å². The van der Waals surface area contributed by atoms with E-state index in [4.69, 9.17) is 16.3 Å². The Labute approximate surface area is 99.0 Å². The summed E-state index contributed by atoms with van der Waals surface area (Å²) in [5, 5.41) is 9.88. The highest BCUT2D eigenvalue weighted by Gasteiger charge is 2.23. The summed E-state index contributed by atoms with van der Waals surface area (Å²) < 4.78 is 18.5. The first kappa shape index (κ1) is 11.8. The molecule has 0 spiro atoms. The van der Waals surface area contributed by atoms with Crippen molar-refractivity contribution in [2.45, 2.75) is 18.9 Å². The van der Waals surface area contributed by atoms with E-state index < -0.39 is 5.82 Å². The summed E-state index contributed by atoms with van der Waals surface area (Å²) >= 11 is 5.60. The van der Waals surface area contributed by atoms with Gasteiger partial charge in [0.05, 0.1) is 17.7 Å². The monoisotopic (exact) mass is 244 g/mol. The lowest BCUT2D eigenvalue weighted by atomic mass is 9.91. The van der Waals surface area contributed by atoms with Gasteiger partial charge >= 0.3 is 0 Å². The maximum atomic E-state index is 13.2. The summed E-state index contributed by atoms with van der Waals surface area (Å²) in [6.45, 7) is 1.14. The minimum atomic E-state index is -0.412. The van der Waals surface area contributed by atoms with Gasteiger partial charge in [-0.15, -0.1) is 0 Å². The zero-order valence-corrected chi connectivity index (χ0v) is 9.58. The van der Waals surface area contributed by atoms with Crippen LogP contribution in [0.1, 0.15) is 12.0 Å². The molecule has 0 bridgehead atoms. The van der Waals surface area contributed by atoms with Crippen molar-refractivity contribution in [1.82, 2.24) is 0 Å². The molecule has 2 rings (SSSR count). The quantitative estimate of drug-likeness (QED) is 0.866. The fraction of sp³-hybridized carbons (Fsp3) is 0.500. The van der Waals surface area contributed by atoms with E-state index in [0.717, 1.165) is 5.56 Å². The van der Waals surface area contributed by atoms with Gasteiger partial charge in [-0.05, 0) is 30.5 Å². The van der Waals surface area contributed by atoms with Gasteiger partial charge in [0.25, 0.3) is 0 Å². The van der Waals surface area contributed by atoms with E-state index >= 15 is 0 Å². The predicted molar refractivity (Wildman–Crippen MR) is 60.0 cm³/mol. The summed E-state index contributed by atoms with van der Waals surface area (Å²) in [6, 6.07) is 4.75. The van der Waals surface area contributed by atoms with Crippen LogP contribution in [0.2, 0.25) is 5.02 Å². The van der Waals surface area contributed by atoms with Gasteiger partial charge in [-0.1, -0.05) is 17.7 Å². The van der Waals surface area contributed by atoms with Crippen molar-refractivity contribution in [3.63, 3.8) is 0 Å². The number of benzene rings is 1. The van der Waals surface area contributed by atoms with Crippen LogP contribution in [0.15, 0.2) is 18.2 Å². The van der Waals surface area contributed by atoms with E-state index in [1.165, 1.54) is 6.07 Å². The molecule has 2 nitrogen and oxygen atoms in total. The molecule has 0 aromatic heterocycles. The van der Waals surface area contributed by atoms with E-state index in [0.29, 0.717) is 26.1 Å². The third-order valence-corrected chi connectivity index (χ3v) is 3.22. The molecule has 1 fully saturated rings. The molecule has 1 aromatic carbocycles. The molecule has 1 saturated heterocycles. The molecule has 4 heteroatoms. The molecule has 1 heterocycles. The zero-order valence-electron chi connectivity index (χ0n) is 8.83. The molecule has 16 heavy (non-hydrogen) atoms. The predicted octanol–water partition coefficient (Wildman–Crippen LogP) is 2.42. The minimum absolute atomic E-state index is 0.0503. The van der Waals surface area contributed by atoms with Crippen molar-refractivity contribution >= 4 is 11.6 Å². The largest absolute Gasteiger partial charge is 0.393 e. The van der Waals surface area contributed by atoms with Gasteiger partial charge in [-0.3, -0.25) is 0 Å². The second kappa shape index (κ2) is 5.13. The molecule has 0 amide bonds. The molecule has 1 aliphatic heterocycles. The van der Waals surface area contributed by atoms with Crippen LogP contribution < -0.4 is 0 Å². The number of halogens is 2. The highest BCUT2D eigenvalue weighted by Crippen LogP contribution is 2.22. The molecule has 0 aliphatic carbocycles. The maximum absolute atomic E-state index is 13.2.